The molecule has 0 bridgehead atoms. The summed E-state index contributed by atoms with van der Waals surface area (Å²) in [7, 11) is -3.73. The second kappa shape index (κ2) is 9.54. The fraction of sp³-hybridized carbons (Fsp3) is 0. The number of hydrogen-bond acceptors (Lipinski definition) is 4. The number of carbonyl (C=O) groups excluding carboxylic acids is 1. The van der Waals surface area contributed by atoms with Gasteiger partial charge in [-0.3, -0.25) is 9.52 Å². The summed E-state index contributed by atoms with van der Waals surface area (Å²) in [5.74, 6) is -0.199. The molecule has 4 rings (SSSR count). The van der Waals surface area contributed by atoms with E-state index in [0.717, 1.165) is 0 Å². The molecule has 0 saturated heterocycles. The van der Waals surface area contributed by atoms with Gasteiger partial charge in [0, 0.05) is 17.3 Å². The van der Waals surface area contributed by atoms with Crippen molar-refractivity contribution in [3.05, 3.63) is 115 Å². The van der Waals surface area contributed by atoms with Gasteiger partial charge in [-0.15, -0.1) is 0 Å². The molecular weight excluding hydrogens is 443 g/mol. The third-order valence-corrected chi connectivity index (χ3v) is 6.01. The predicted octanol–water partition coefficient (Wildman–Crippen LogP) is 5.67. The van der Waals surface area contributed by atoms with Gasteiger partial charge >= 0.3 is 0 Å². The Morgan fingerprint density at radius 1 is 0.788 bits per heavy atom. The molecule has 1 amide bonds. The summed E-state index contributed by atoms with van der Waals surface area (Å²) in [4.78, 5) is 12.9. The highest BCUT2D eigenvalue weighted by molar-refractivity contribution is 7.92. The van der Waals surface area contributed by atoms with E-state index in [-0.39, 0.29) is 4.90 Å². The number of ether oxygens (including phenoxy) is 1. The molecule has 4 aromatic rings. The van der Waals surface area contributed by atoms with Crippen LogP contribution in [0.5, 0.6) is 11.5 Å². The van der Waals surface area contributed by atoms with Crippen LogP contribution in [0, 0.1) is 5.82 Å². The SMILES string of the molecule is O=C(Nc1ccccc1Oc1cccc(F)c1)c1ccc(NS(=O)(=O)c2ccccc2)cc1. The van der Waals surface area contributed by atoms with E-state index in [1.807, 2.05) is 0 Å². The van der Waals surface area contributed by atoms with E-state index in [1.165, 1.54) is 54.6 Å². The van der Waals surface area contributed by atoms with Crippen LogP contribution in [0.3, 0.4) is 0 Å². The van der Waals surface area contributed by atoms with E-state index in [1.54, 1.807) is 48.5 Å². The molecule has 0 atom stereocenters. The highest BCUT2D eigenvalue weighted by Crippen LogP contribution is 2.30. The molecule has 4 aromatic carbocycles. The normalized spacial score (nSPS) is 10.9. The fourth-order valence-corrected chi connectivity index (χ4v) is 4.09. The van der Waals surface area contributed by atoms with E-state index in [4.69, 9.17) is 4.74 Å². The Labute approximate surface area is 190 Å². The number of anilines is 2. The number of hydrogen-bond donors (Lipinski definition) is 2. The number of halogens is 1. The third-order valence-electron chi connectivity index (χ3n) is 4.61. The maximum absolute atomic E-state index is 13.4. The molecule has 0 radical (unpaired) electrons. The van der Waals surface area contributed by atoms with Gasteiger partial charge in [-0.05, 0) is 60.7 Å². The molecule has 2 N–H and O–H groups in total. The molecule has 33 heavy (non-hydrogen) atoms. The second-order valence-corrected chi connectivity index (χ2v) is 8.69. The minimum absolute atomic E-state index is 0.140. The van der Waals surface area contributed by atoms with Crippen molar-refractivity contribution in [1.82, 2.24) is 0 Å². The summed E-state index contributed by atoms with van der Waals surface area (Å²) in [5, 5.41) is 2.76. The second-order valence-electron chi connectivity index (χ2n) is 7.01. The summed E-state index contributed by atoms with van der Waals surface area (Å²) in [5.41, 5.74) is 1.05. The van der Waals surface area contributed by atoms with E-state index < -0.39 is 21.7 Å². The van der Waals surface area contributed by atoms with Crippen molar-refractivity contribution in [1.29, 1.82) is 0 Å². The Kier molecular flexibility index (Phi) is 6.37. The largest absolute Gasteiger partial charge is 0.455 e. The van der Waals surface area contributed by atoms with Gasteiger partial charge in [-0.2, -0.15) is 0 Å². The number of sulfonamides is 1. The van der Waals surface area contributed by atoms with E-state index in [2.05, 4.69) is 10.0 Å². The number of rotatable bonds is 7. The van der Waals surface area contributed by atoms with Crippen LogP contribution in [0.15, 0.2) is 108 Å². The van der Waals surface area contributed by atoms with E-state index in [0.29, 0.717) is 28.4 Å². The van der Waals surface area contributed by atoms with Gasteiger partial charge < -0.3 is 10.1 Å². The molecule has 0 heterocycles. The van der Waals surface area contributed by atoms with Gasteiger partial charge in [-0.25, -0.2) is 12.8 Å². The predicted molar refractivity (Wildman–Crippen MR) is 125 cm³/mol. The maximum Gasteiger partial charge on any atom is 0.261 e. The lowest BCUT2D eigenvalue weighted by Crippen LogP contribution is -2.14. The Hall–Kier alpha value is -4.17. The zero-order valence-corrected chi connectivity index (χ0v) is 18.1. The summed E-state index contributed by atoms with van der Waals surface area (Å²) >= 11 is 0. The van der Waals surface area contributed by atoms with Crippen molar-refractivity contribution in [2.24, 2.45) is 0 Å². The first kappa shape index (κ1) is 22.0. The fourth-order valence-electron chi connectivity index (χ4n) is 3.01. The third kappa shape index (κ3) is 5.55. The van der Waals surface area contributed by atoms with Crippen LogP contribution < -0.4 is 14.8 Å². The van der Waals surface area contributed by atoms with Crippen LogP contribution in [-0.4, -0.2) is 14.3 Å². The van der Waals surface area contributed by atoms with Crippen LogP contribution in [0.2, 0.25) is 0 Å². The lowest BCUT2D eigenvalue weighted by molar-refractivity contribution is 0.102. The minimum Gasteiger partial charge on any atom is -0.455 e. The van der Waals surface area contributed by atoms with E-state index in [9.17, 15) is 17.6 Å². The Bertz CT molecular complexity index is 1380. The monoisotopic (exact) mass is 462 g/mol. The lowest BCUT2D eigenvalue weighted by atomic mass is 10.2. The maximum atomic E-state index is 13.4. The summed E-state index contributed by atoms with van der Waals surface area (Å²) < 4.78 is 46.5. The summed E-state index contributed by atoms with van der Waals surface area (Å²) in [6.45, 7) is 0. The van der Waals surface area contributed by atoms with Crippen molar-refractivity contribution >= 4 is 27.3 Å². The summed E-state index contributed by atoms with van der Waals surface area (Å²) in [6, 6.07) is 26.5. The van der Waals surface area contributed by atoms with Gasteiger partial charge in [0.15, 0.2) is 5.75 Å². The lowest BCUT2D eigenvalue weighted by Gasteiger charge is -2.13. The molecule has 0 aliphatic carbocycles. The molecule has 0 unspecified atom stereocenters. The smallest absolute Gasteiger partial charge is 0.261 e. The minimum atomic E-state index is -3.73. The molecule has 166 valence electrons. The van der Waals surface area contributed by atoms with Gasteiger partial charge in [0.05, 0.1) is 10.6 Å². The highest BCUT2D eigenvalue weighted by atomic mass is 32.2. The van der Waals surface area contributed by atoms with Gasteiger partial charge in [0.25, 0.3) is 15.9 Å². The van der Waals surface area contributed by atoms with E-state index >= 15 is 0 Å². The van der Waals surface area contributed by atoms with Crippen LogP contribution in [0.1, 0.15) is 10.4 Å². The molecule has 8 heteroatoms. The average molecular weight is 463 g/mol. The van der Waals surface area contributed by atoms with Crippen molar-refractivity contribution in [2.45, 2.75) is 4.90 Å². The van der Waals surface area contributed by atoms with Crippen LogP contribution in [0.25, 0.3) is 0 Å². The molecule has 0 spiro atoms. The van der Waals surface area contributed by atoms with Crippen LogP contribution in [0.4, 0.5) is 15.8 Å². The number of nitrogens with one attached hydrogen (secondary N) is 2. The molecule has 0 saturated carbocycles. The first-order valence-electron chi connectivity index (χ1n) is 9.92. The van der Waals surface area contributed by atoms with Gasteiger partial charge in [-0.1, -0.05) is 36.4 Å². The first-order valence-corrected chi connectivity index (χ1v) is 11.4. The summed E-state index contributed by atoms with van der Waals surface area (Å²) in [6.07, 6.45) is 0. The van der Waals surface area contributed by atoms with Crippen LogP contribution in [-0.2, 0) is 10.0 Å². The molecule has 0 aliphatic heterocycles. The van der Waals surface area contributed by atoms with Gasteiger partial charge in [0.2, 0.25) is 0 Å². The van der Waals surface area contributed by atoms with Crippen molar-refractivity contribution in [2.75, 3.05) is 10.0 Å². The zero-order valence-electron chi connectivity index (χ0n) is 17.2. The molecule has 0 aliphatic rings. The topological polar surface area (TPSA) is 84.5 Å². The standard InChI is InChI=1S/C25H19FN2O4S/c26-19-7-6-8-21(17-19)32-24-12-5-4-11-23(24)27-25(29)18-13-15-20(16-14-18)28-33(30,31)22-9-2-1-3-10-22/h1-17,28H,(H,27,29). The van der Waals surface area contributed by atoms with Crippen molar-refractivity contribution in [3.63, 3.8) is 0 Å². The molecule has 6 nitrogen and oxygen atoms in total. The first-order chi connectivity index (χ1) is 15.9. The van der Waals surface area contributed by atoms with Crippen molar-refractivity contribution < 1.29 is 22.3 Å². The average Bonchev–Trinajstić information content (AvgIpc) is 2.81. The molecule has 0 aromatic heterocycles. The zero-order chi connectivity index (χ0) is 23.3. The number of amides is 1. The number of para-hydroxylation sites is 2. The highest BCUT2D eigenvalue weighted by Gasteiger charge is 2.15. The van der Waals surface area contributed by atoms with Crippen LogP contribution >= 0.6 is 0 Å². The molecule has 0 fully saturated rings. The van der Waals surface area contributed by atoms with Crippen molar-refractivity contribution in [3.8, 4) is 11.5 Å². The molecular formula is C25H19FN2O4S. The van der Waals surface area contributed by atoms with Gasteiger partial charge in [0.1, 0.15) is 11.6 Å². The quantitative estimate of drug-likeness (QED) is 0.371. The Morgan fingerprint density at radius 2 is 1.48 bits per heavy atom. The number of benzene rings is 4. The number of carbonyl (C=O) groups is 1. The Morgan fingerprint density at radius 3 is 2.21 bits per heavy atom. The Balaban J connectivity index is 1.46.